The first-order chi connectivity index (χ1) is 16.9. The molecular formula is C26H45N7OS. The Morgan fingerprint density at radius 2 is 1.74 bits per heavy atom. The van der Waals surface area contributed by atoms with Crippen molar-refractivity contribution in [1.82, 2.24) is 19.5 Å². The predicted octanol–water partition coefficient (Wildman–Crippen LogP) is 5.53. The maximum Gasteiger partial charge on any atom is 0.167 e. The normalized spacial score (nSPS) is 13.3. The second-order valence-electron chi connectivity index (χ2n) is 8.43. The zero-order valence-electron chi connectivity index (χ0n) is 22.5. The third-order valence-corrected chi connectivity index (χ3v) is 7.33. The van der Waals surface area contributed by atoms with E-state index in [0.29, 0.717) is 23.2 Å². The molecule has 8 nitrogen and oxygen atoms in total. The van der Waals surface area contributed by atoms with Crippen LogP contribution in [0.5, 0.6) is 0 Å². The lowest BCUT2D eigenvalue weighted by molar-refractivity contribution is 0.0212. The molecule has 196 valence electrons. The molecule has 3 rings (SSSR count). The topological polar surface area (TPSA) is 131 Å². The number of hydrogen-bond acceptors (Lipinski definition) is 8. The van der Waals surface area contributed by atoms with Gasteiger partial charge >= 0.3 is 0 Å². The number of hydrogen-bond donors (Lipinski definition) is 3. The number of ether oxygens (including phenoxy) is 1. The summed E-state index contributed by atoms with van der Waals surface area (Å²) in [6, 6.07) is 6.38. The Morgan fingerprint density at radius 3 is 2.31 bits per heavy atom. The minimum absolute atomic E-state index is 0.0849. The molecule has 0 amide bonds. The molecule has 3 unspecified atom stereocenters. The molecule has 0 aliphatic rings. The lowest BCUT2D eigenvalue weighted by atomic mass is 9.90. The molecule has 0 aliphatic heterocycles. The van der Waals surface area contributed by atoms with Gasteiger partial charge in [-0.25, -0.2) is 15.0 Å². The summed E-state index contributed by atoms with van der Waals surface area (Å²) in [7, 11) is 3.21. The van der Waals surface area contributed by atoms with Gasteiger partial charge in [0, 0.05) is 17.7 Å². The smallest absolute Gasteiger partial charge is 0.167 e. The number of aromatic nitrogens is 4. The van der Waals surface area contributed by atoms with Crippen LogP contribution < -0.4 is 17.2 Å². The molecule has 35 heavy (non-hydrogen) atoms. The van der Waals surface area contributed by atoms with Crippen LogP contribution >= 0.6 is 11.8 Å². The van der Waals surface area contributed by atoms with Gasteiger partial charge in [-0.1, -0.05) is 47.1 Å². The number of nitrogen functional groups attached to an aromatic ring is 2. The molecule has 2 heterocycles. The molecule has 0 bridgehead atoms. The molecular weight excluding hydrogens is 458 g/mol. The fourth-order valence-corrected chi connectivity index (χ4v) is 4.38. The lowest BCUT2D eigenvalue weighted by Gasteiger charge is -2.24. The molecule has 0 aliphatic carbocycles. The number of imidazole rings is 1. The second kappa shape index (κ2) is 16.3. The van der Waals surface area contributed by atoms with E-state index in [-0.39, 0.29) is 6.23 Å². The Morgan fingerprint density at radius 1 is 1.03 bits per heavy atom. The van der Waals surface area contributed by atoms with Crippen LogP contribution in [0.4, 0.5) is 11.5 Å². The average Bonchev–Trinajstić information content (AvgIpc) is 3.32. The number of nitrogens with zero attached hydrogens (tertiary/aromatic N) is 4. The number of methoxy groups -OCH3 is 1. The van der Waals surface area contributed by atoms with Gasteiger partial charge in [-0.05, 0) is 61.6 Å². The minimum Gasteiger partial charge on any atom is -0.398 e. The Kier molecular flexibility index (Phi) is 14.3. The van der Waals surface area contributed by atoms with Gasteiger partial charge in [0.25, 0.3) is 0 Å². The van der Waals surface area contributed by atoms with Gasteiger partial charge in [0.1, 0.15) is 18.1 Å². The summed E-state index contributed by atoms with van der Waals surface area (Å²) in [5, 5.41) is 0. The predicted molar refractivity (Wildman–Crippen MR) is 150 cm³/mol. The number of nitrogens with two attached hydrogens (primary N) is 3. The second-order valence-corrected chi connectivity index (χ2v) is 9.60. The fourth-order valence-electron chi connectivity index (χ4n) is 3.56. The van der Waals surface area contributed by atoms with E-state index in [1.807, 2.05) is 16.3 Å². The number of benzene rings is 1. The molecule has 6 N–H and O–H groups in total. The van der Waals surface area contributed by atoms with Crippen LogP contribution in [0.25, 0.3) is 11.2 Å². The van der Waals surface area contributed by atoms with Crippen molar-refractivity contribution in [2.45, 2.75) is 71.4 Å². The summed E-state index contributed by atoms with van der Waals surface area (Å²) in [6.07, 6.45) is 7.41. The monoisotopic (exact) mass is 503 g/mol. The van der Waals surface area contributed by atoms with Crippen LogP contribution in [-0.4, -0.2) is 39.4 Å². The Bertz CT molecular complexity index is 995. The zero-order chi connectivity index (χ0) is 26.4. The highest BCUT2D eigenvalue weighted by molar-refractivity contribution is 7.99. The standard InChI is InChI=1S/C14H23N5O.C11H17NS.CH5N/c1-5-9(2)10(3)6-11(20-4)19-8-18-12-13(15)16-7-17-14(12)19;1-3-7-13-10-6-5-9(4-2)11(12)8-10;1-2/h7-11H,5-6H2,1-4H3,(H2,15,16,17);5-6,8H,3-4,7,12H2,1-2H3;2H2,1H3. The van der Waals surface area contributed by atoms with Crippen molar-refractivity contribution in [1.29, 1.82) is 0 Å². The number of anilines is 2. The summed E-state index contributed by atoms with van der Waals surface area (Å²) >= 11 is 1.87. The van der Waals surface area contributed by atoms with Crippen LogP contribution in [0, 0.1) is 11.8 Å². The molecule has 0 saturated carbocycles. The zero-order valence-corrected chi connectivity index (χ0v) is 23.3. The van der Waals surface area contributed by atoms with Crippen LogP contribution in [0.15, 0.2) is 35.7 Å². The van der Waals surface area contributed by atoms with E-state index in [2.05, 4.69) is 73.5 Å². The summed E-state index contributed by atoms with van der Waals surface area (Å²) in [4.78, 5) is 13.8. The van der Waals surface area contributed by atoms with Crippen molar-refractivity contribution < 1.29 is 4.74 Å². The third kappa shape index (κ3) is 8.98. The van der Waals surface area contributed by atoms with Gasteiger partial charge in [0.2, 0.25) is 0 Å². The van der Waals surface area contributed by atoms with Crippen LogP contribution in [0.3, 0.4) is 0 Å². The van der Waals surface area contributed by atoms with Crippen molar-refractivity contribution in [3.63, 3.8) is 0 Å². The highest BCUT2D eigenvalue weighted by atomic mass is 32.2. The van der Waals surface area contributed by atoms with Crippen molar-refractivity contribution >= 4 is 34.4 Å². The van der Waals surface area contributed by atoms with Gasteiger partial charge < -0.3 is 21.9 Å². The van der Waals surface area contributed by atoms with Gasteiger partial charge in [-0.3, -0.25) is 4.57 Å². The van der Waals surface area contributed by atoms with Crippen molar-refractivity contribution in [2.75, 3.05) is 31.4 Å². The van der Waals surface area contributed by atoms with Crippen molar-refractivity contribution in [2.24, 2.45) is 17.6 Å². The Labute approximate surface area is 215 Å². The lowest BCUT2D eigenvalue weighted by Crippen LogP contribution is -2.18. The molecule has 9 heteroatoms. The number of aryl methyl sites for hydroxylation is 1. The molecule has 3 aromatic rings. The fraction of sp³-hybridized carbons (Fsp3) is 0.577. The largest absolute Gasteiger partial charge is 0.398 e. The van der Waals surface area contributed by atoms with E-state index in [4.69, 9.17) is 16.2 Å². The Hall–Kier alpha value is -2.36. The molecule has 0 radical (unpaired) electrons. The van der Waals surface area contributed by atoms with Gasteiger partial charge in [0.05, 0.1) is 6.33 Å². The Balaban J connectivity index is 0.000000354. The first-order valence-corrected chi connectivity index (χ1v) is 13.4. The summed E-state index contributed by atoms with van der Waals surface area (Å²) in [6.45, 7) is 11.1. The van der Waals surface area contributed by atoms with Crippen LogP contribution in [0.2, 0.25) is 0 Å². The number of thioether (sulfide) groups is 1. The summed E-state index contributed by atoms with van der Waals surface area (Å²) in [5.74, 6) is 2.78. The van der Waals surface area contributed by atoms with E-state index in [9.17, 15) is 0 Å². The minimum atomic E-state index is -0.0849. The molecule has 1 aromatic carbocycles. The van der Waals surface area contributed by atoms with Crippen molar-refractivity contribution in [3.8, 4) is 0 Å². The highest BCUT2D eigenvalue weighted by Gasteiger charge is 2.21. The quantitative estimate of drug-likeness (QED) is 0.243. The van der Waals surface area contributed by atoms with E-state index >= 15 is 0 Å². The van der Waals surface area contributed by atoms with Gasteiger partial charge in [0.15, 0.2) is 11.5 Å². The maximum absolute atomic E-state index is 5.89. The molecule has 0 fully saturated rings. The summed E-state index contributed by atoms with van der Waals surface area (Å²) < 4.78 is 7.57. The first kappa shape index (κ1) is 30.7. The SMILES string of the molecule is CCC(C)C(C)CC(OC)n1cnc2c(N)ncnc21.CCCSc1ccc(CC)c(N)c1.CN. The van der Waals surface area contributed by atoms with E-state index < -0.39 is 0 Å². The van der Waals surface area contributed by atoms with E-state index in [1.165, 1.54) is 36.0 Å². The molecule has 0 saturated heterocycles. The van der Waals surface area contributed by atoms with Gasteiger partial charge in [-0.15, -0.1) is 11.8 Å². The third-order valence-electron chi connectivity index (χ3n) is 6.13. The van der Waals surface area contributed by atoms with E-state index in [0.717, 1.165) is 30.6 Å². The van der Waals surface area contributed by atoms with Crippen molar-refractivity contribution in [3.05, 3.63) is 36.4 Å². The van der Waals surface area contributed by atoms with Crippen LogP contribution in [0.1, 0.15) is 65.7 Å². The first-order valence-electron chi connectivity index (χ1n) is 12.4. The maximum atomic E-state index is 5.89. The van der Waals surface area contributed by atoms with Crippen LogP contribution in [-0.2, 0) is 11.2 Å². The van der Waals surface area contributed by atoms with Gasteiger partial charge in [-0.2, -0.15) is 0 Å². The number of rotatable bonds is 10. The molecule has 2 aromatic heterocycles. The summed E-state index contributed by atoms with van der Waals surface area (Å²) in [5.41, 5.74) is 19.7. The van der Waals surface area contributed by atoms with E-state index in [1.54, 1.807) is 13.4 Å². The average molecular weight is 504 g/mol. The highest BCUT2D eigenvalue weighted by Crippen LogP contribution is 2.28. The molecule has 3 atom stereocenters. The molecule has 0 spiro atoms. The number of fused-ring (bicyclic) bond motifs is 1.